The summed E-state index contributed by atoms with van der Waals surface area (Å²) in [7, 11) is 0. The lowest BCUT2D eigenvalue weighted by Gasteiger charge is -2.09. The highest BCUT2D eigenvalue weighted by Crippen LogP contribution is 1.76. The zero-order valence-electron chi connectivity index (χ0n) is 6.09. The summed E-state index contributed by atoms with van der Waals surface area (Å²) < 4.78 is 0. The van der Waals surface area contributed by atoms with Gasteiger partial charge in [0.05, 0.1) is 25.8 Å². The van der Waals surface area contributed by atoms with Crippen molar-refractivity contribution in [3.05, 3.63) is 0 Å². The van der Waals surface area contributed by atoms with E-state index in [4.69, 9.17) is 10.2 Å². The second-order valence-electron chi connectivity index (χ2n) is 1.87. The Morgan fingerprint density at radius 2 is 2.00 bits per heavy atom. The molecule has 0 spiro atoms. The van der Waals surface area contributed by atoms with Gasteiger partial charge in [-0.2, -0.15) is 0 Å². The first-order valence-electron chi connectivity index (χ1n) is 3.19. The lowest BCUT2D eigenvalue weighted by atomic mass is 10.3. The van der Waals surface area contributed by atoms with E-state index in [2.05, 4.69) is 17.2 Å². The Kier molecular flexibility index (Phi) is 6.19. The van der Waals surface area contributed by atoms with Crippen LogP contribution in [0.5, 0.6) is 0 Å². The third kappa shape index (κ3) is 4.33. The molecule has 0 bridgehead atoms. The second kappa shape index (κ2) is 6.56. The highest BCUT2D eigenvalue weighted by molar-refractivity contribution is 4.97. The van der Waals surface area contributed by atoms with Crippen LogP contribution in [0.1, 0.15) is 6.92 Å². The van der Waals surface area contributed by atoms with Gasteiger partial charge in [0.2, 0.25) is 0 Å². The molecule has 0 heterocycles. The molecule has 0 aliphatic carbocycles. The third-order valence-corrected chi connectivity index (χ3v) is 1.10. The van der Waals surface area contributed by atoms with E-state index in [9.17, 15) is 0 Å². The van der Waals surface area contributed by atoms with E-state index in [-0.39, 0.29) is 19.3 Å². The van der Waals surface area contributed by atoms with Gasteiger partial charge in [-0.15, -0.1) is 5.92 Å². The fraction of sp³-hybridized carbons (Fsp3) is 0.714. The van der Waals surface area contributed by atoms with E-state index in [0.717, 1.165) is 0 Å². The molecule has 0 saturated carbocycles. The van der Waals surface area contributed by atoms with Crippen LogP contribution in [0.4, 0.5) is 0 Å². The SMILES string of the molecule is CC#CCNC(CO)CO. The number of hydrogen-bond donors (Lipinski definition) is 3. The molecule has 0 aromatic rings. The highest BCUT2D eigenvalue weighted by atomic mass is 16.3. The molecule has 3 nitrogen and oxygen atoms in total. The van der Waals surface area contributed by atoms with E-state index in [1.54, 1.807) is 6.92 Å². The van der Waals surface area contributed by atoms with Crippen LogP contribution in [-0.2, 0) is 0 Å². The summed E-state index contributed by atoms with van der Waals surface area (Å²) in [5, 5.41) is 20.0. The van der Waals surface area contributed by atoms with Gasteiger partial charge in [-0.1, -0.05) is 5.92 Å². The van der Waals surface area contributed by atoms with Gasteiger partial charge < -0.3 is 10.2 Å². The number of hydrogen-bond acceptors (Lipinski definition) is 3. The third-order valence-electron chi connectivity index (χ3n) is 1.10. The van der Waals surface area contributed by atoms with Crippen molar-refractivity contribution in [2.45, 2.75) is 13.0 Å². The van der Waals surface area contributed by atoms with E-state index in [1.807, 2.05) is 0 Å². The second-order valence-corrected chi connectivity index (χ2v) is 1.87. The fourth-order valence-corrected chi connectivity index (χ4v) is 0.471. The minimum absolute atomic E-state index is 0.0537. The van der Waals surface area contributed by atoms with Crippen LogP contribution in [0.15, 0.2) is 0 Å². The van der Waals surface area contributed by atoms with Gasteiger partial charge in [0.1, 0.15) is 0 Å². The Morgan fingerprint density at radius 3 is 2.40 bits per heavy atom. The van der Waals surface area contributed by atoms with Crippen molar-refractivity contribution in [1.82, 2.24) is 5.32 Å². The van der Waals surface area contributed by atoms with Gasteiger partial charge in [0, 0.05) is 0 Å². The van der Waals surface area contributed by atoms with Gasteiger partial charge in [-0.05, 0) is 6.92 Å². The van der Waals surface area contributed by atoms with Crippen LogP contribution < -0.4 is 5.32 Å². The lowest BCUT2D eigenvalue weighted by Crippen LogP contribution is -2.35. The summed E-state index contributed by atoms with van der Waals surface area (Å²) in [5.41, 5.74) is 0. The summed E-state index contributed by atoms with van der Waals surface area (Å²) in [4.78, 5) is 0. The average Bonchev–Trinajstić information content (AvgIpc) is 1.99. The molecule has 3 heteroatoms. The maximum atomic E-state index is 8.55. The molecular weight excluding hydrogens is 130 g/mol. The molecule has 0 unspecified atom stereocenters. The number of nitrogens with one attached hydrogen (secondary N) is 1. The first-order chi connectivity index (χ1) is 4.85. The fourth-order valence-electron chi connectivity index (χ4n) is 0.471. The first-order valence-corrected chi connectivity index (χ1v) is 3.19. The van der Waals surface area contributed by atoms with Crippen molar-refractivity contribution in [1.29, 1.82) is 0 Å². The largest absolute Gasteiger partial charge is 0.395 e. The molecule has 3 N–H and O–H groups in total. The minimum Gasteiger partial charge on any atom is -0.395 e. The molecule has 10 heavy (non-hydrogen) atoms. The number of rotatable bonds is 4. The van der Waals surface area contributed by atoms with Crippen LogP contribution in [-0.4, -0.2) is 36.0 Å². The van der Waals surface area contributed by atoms with Crippen molar-refractivity contribution in [3.63, 3.8) is 0 Å². The summed E-state index contributed by atoms with van der Waals surface area (Å²) in [6.45, 7) is 2.15. The van der Waals surface area contributed by atoms with Crippen molar-refractivity contribution in [2.24, 2.45) is 0 Å². The Balaban J connectivity index is 3.31. The maximum Gasteiger partial charge on any atom is 0.0607 e. The molecule has 58 valence electrons. The predicted octanol–water partition coefficient (Wildman–Crippen LogP) is -1.05. The molecule has 0 amide bonds. The molecule has 0 aromatic carbocycles. The first kappa shape index (κ1) is 9.44. The number of aliphatic hydroxyl groups is 2. The summed E-state index contributed by atoms with van der Waals surface area (Å²) in [5.74, 6) is 5.46. The molecule has 0 fully saturated rings. The van der Waals surface area contributed by atoms with Crippen molar-refractivity contribution in [2.75, 3.05) is 19.8 Å². The van der Waals surface area contributed by atoms with E-state index in [1.165, 1.54) is 0 Å². The summed E-state index contributed by atoms with van der Waals surface area (Å²) >= 11 is 0. The Hall–Kier alpha value is -0.560. The molecule has 0 saturated heterocycles. The number of aliphatic hydroxyl groups excluding tert-OH is 2. The zero-order chi connectivity index (χ0) is 7.82. The Morgan fingerprint density at radius 1 is 1.40 bits per heavy atom. The molecule has 0 aliphatic rings. The van der Waals surface area contributed by atoms with Crippen LogP contribution >= 0.6 is 0 Å². The Labute approximate surface area is 61.1 Å². The summed E-state index contributed by atoms with van der Waals surface area (Å²) in [6, 6.07) is -0.235. The van der Waals surface area contributed by atoms with Crippen LogP contribution in [0.25, 0.3) is 0 Å². The van der Waals surface area contributed by atoms with Gasteiger partial charge >= 0.3 is 0 Å². The van der Waals surface area contributed by atoms with Crippen LogP contribution in [0.2, 0.25) is 0 Å². The van der Waals surface area contributed by atoms with Crippen LogP contribution in [0.3, 0.4) is 0 Å². The van der Waals surface area contributed by atoms with E-state index >= 15 is 0 Å². The predicted molar refractivity (Wildman–Crippen MR) is 39.4 cm³/mol. The quantitative estimate of drug-likeness (QED) is 0.440. The average molecular weight is 143 g/mol. The monoisotopic (exact) mass is 143 g/mol. The molecular formula is C7H13NO2. The van der Waals surface area contributed by atoms with Crippen LogP contribution in [0, 0.1) is 11.8 Å². The molecule has 0 aliphatic heterocycles. The van der Waals surface area contributed by atoms with E-state index < -0.39 is 0 Å². The maximum absolute atomic E-state index is 8.55. The molecule has 0 rings (SSSR count). The minimum atomic E-state index is -0.235. The Bertz CT molecular complexity index is 121. The standard InChI is InChI=1S/C7H13NO2/c1-2-3-4-8-7(5-9)6-10/h7-10H,4-6H2,1H3. The van der Waals surface area contributed by atoms with Gasteiger partial charge in [-0.3, -0.25) is 5.32 Å². The normalized spacial score (nSPS) is 9.20. The molecule has 0 atom stereocenters. The van der Waals surface area contributed by atoms with Crippen molar-refractivity contribution < 1.29 is 10.2 Å². The smallest absolute Gasteiger partial charge is 0.0607 e. The molecule has 0 radical (unpaired) electrons. The topological polar surface area (TPSA) is 52.5 Å². The van der Waals surface area contributed by atoms with Crippen molar-refractivity contribution in [3.8, 4) is 11.8 Å². The summed E-state index contributed by atoms with van der Waals surface area (Å²) in [6.07, 6.45) is 0. The van der Waals surface area contributed by atoms with Gasteiger partial charge in [-0.25, -0.2) is 0 Å². The zero-order valence-corrected chi connectivity index (χ0v) is 6.09. The van der Waals surface area contributed by atoms with Gasteiger partial charge in [0.15, 0.2) is 0 Å². The molecule has 0 aromatic heterocycles. The van der Waals surface area contributed by atoms with Crippen molar-refractivity contribution >= 4 is 0 Å². The van der Waals surface area contributed by atoms with E-state index in [0.29, 0.717) is 6.54 Å². The lowest BCUT2D eigenvalue weighted by molar-refractivity contribution is 0.174. The highest BCUT2D eigenvalue weighted by Gasteiger charge is 2.00. The van der Waals surface area contributed by atoms with Gasteiger partial charge in [0.25, 0.3) is 0 Å².